The number of fused-ring (bicyclic) bond motifs is 1. The van der Waals surface area contributed by atoms with Gasteiger partial charge in [-0.2, -0.15) is 21.6 Å². The Balaban J connectivity index is 2.15. The zero-order valence-electron chi connectivity index (χ0n) is 7.69. The van der Waals surface area contributed by atoms with Crippen molar-refractivity contribution in [3.8, 4) is 0 Å². The van der Waals surface area contributed by atoms with Crippen LogP contribution in [-0.4, -0.2) is 30.8 Å². The molecule has 0 aromatic carbocycles. The number of rotatable bonds is 2. The third-order valence-electron chi connectivity index (χ3n) is 2.32. The molecule has 1 fully saturated rings. The van der Waals surface area contributed by atoms with E-state index < -0.39 is 27.4 Å². The average Bonchev–Trinajstić information content (AvgIpc) is 2.38. The quantitative estimate of drug-likeness (QED) is 0.415. The summed E-state index contributed by atoms with van der Waals surface area (Å²) in [5.41, 5.74) is -5.49. The fraction of sp³-hybridized carbons (Fsp3) is 0.571. The molecule has 9 heteroatoms. The van der Waals surface area contributed by atoms with Crippen LogP contribution in [0.2, 0.25) is 0 Å². The average molecular weight is 257 g/mol. The summed E-state index contributed by atoms with van der Waals surface area (Å²) in [6, 6.07) is -0.258. The second-order valence-electron chi connectivity index (χ2n) is 3.38. The van der Waals surface area contributed by atoms with E-state index in [4.69, 9.17) is 0 Å². The molecule has 2 heterocycles. The zero-order chi connectivity index (χ0) is 12.1. The van der Waals surface area contributed by atoms with E-state index in [1.807, 2.05) is 0 Å². The molecule has 1 atom stereocenters. The molecule has 2 rings (SSSR count). The summed E-state index contributed by atoms with van der Waals surface area (Å²) in [6.07, 6.45) is 1.68. The van der Waals surface area contributed by atoms with E-state index in [-0.39, 0.29) is 12.5 Å². The van der Waals surface area contributed by atoms with Crippen molar-refractivity contribution in [2.24, 2.45) is 0 Å². The predicted octanol–water partition coefficient (Wildman–Crippen LogP) is 0.699. The molecule has 2 aliphatic heterocycles. The summed E-state index contributed by atoms with van der Waals surface area (Å²) < 4.78 is 61.2. The number of alkyl halides is 3. The van der Waals surface area contributed by atoms with Gasteiger partial charge in [0.05, 0.1) is 6.04 Å². The minimum Gasteiger partial charge on any atom is -0.357 e. The van der Waals surface area contributed by atoms with Crippen molar-refractivity contribution >= 4 is 16.0 Å². The van der Waals surface area contributed by atoms with Gasteiger partial charge in [-0.15, -0.1) is 0 Å². The fourth-order valence-electron chi connectivity index (χ4n) is 1.54. The van der Waals surface area contributed by atoms with E-state index in [9.17, 15) is 26.4 Å². The molecule has 0 N–H and O–H groups in total. The molecule has 16 heavy (non-hydrogen) atoms. The lowest BCUT2D eigenvalue weighted by Crippen LogP contribution is -2.49. The van der Waals surface area contributed by atoms with Crippen molar-refractivity contribution in [3.05, 3.63) is 12.0 Å². The molecule has 0 aromatic rings. The first kappa shape index (κ1) is 11.2. The minimum absolute atomic E-state index is 0.204. The van der Waals surface area contributed by atoms with E-state index in [0.717, 1.165) is 4.90 Å². The van der Waals surface area contributed by atoms with E-state index in [2.05, 4.69) is 4.18 Å². The van der Waals surface area contributed by atoms with Crippen LogP contribution in [0.4, 0.5) is 13.2 Å². The van der Waals surface area contributed by atoms with Gasteiger partial charge in [0.15, 0.2) is 0 Å². The lowest BCUT2D eigenvalue weighted by molar-refractivity contribution is -0.143. The molecule has 0 saturated carbocycles. The third kappa shape index (κ3) is 1.55. The van der Waals surface area contributed by atoms with Crippen LogP contribution in [0.1, 0.15) is 12.8 Å². The van der Waals surface area contributed by atoms with Crippen LogP contribution >= 0.6 is 0 Å². The van der Waals surface area contributed by atoms with E-state index in [1.54, 1.807) is 0 Å². The van der Waals surface area contributed by atoms with Gasteiger partial charge >= 0.3 is 15.6 Å². The maximum Gasteiger partial charge on any atom is 0.534 e. The summed E-state index contributed by atoms with van der Waals surface area (Å²) in [5, 5.41) is 0. The molecule has 0 spiro atoms. The Morgan fingerprint density at radius 2 is 2.06 bits per heavy atom. The summed E-state index contributed by atoms with van der Waals surface area (Å²) in [7, 11) is -5.69. The Bertz CT molecular complexity index is 467. The third-order valence-corrected chi connectivity index (χ3v) is 3.28. The van der Waals surface area contributed by atoms with Crippen LogP contribution in [0, 0.1) is 0 Å². The largest absolute Gasteiger partial charge is 0.534 e. The monoisotopic (exact) mass is 257 g/mol. The first-order valence-electron chi connectivity index (χ1n) is 4.25. The molecule has 2 aliphatic rings. The molecular formula is C7H6F3NO4S. The highest BCUT2D eigenvalue weighted by atomic mass is 32.2. The topological polar surface area (TPSA) is 63.7 Å². The van der Waals surface area contributed by atoms with Crippen LogP contribution in [0.15, 0.2) is 12.0 Å². The zero-order valence-corrected chi connectivity index (χ0v) is 8.51. The van der Waals surface area contributed by atoms with E-state index >= 15 is 0 Å². The molecule has 0 bridgehead atoms. The SMILES string of the molecule is O=C1C[C@H]2CC=C(OS(=O)(=O)C(F)(F)F)N12. The highest BCUT2D eigenvalue weighted by molar-refractivity contribution is 7.87. The fourth-order valence-corrected chi connectivity index (χ4v) is 2.01. The highest BCUT2D eigenvalue weighted by Crippen LogP contribution is 2.37. The van der Waals surface area contributed by atoms with Crippen molar-refractivity contribution in [2.45, 2.75) is 24.4 Å². The number of hydrogen-bond donors (Lipinski definition) is 0. The first-order valence-corrected chi connectivity index (χ1v) is 5.66. The number of amides is 1. The van der Waals surface area contributed by atoms with Crippen LogP contribution < -0.4 is 0 Å². The molecule has 90 valence electrons. The Labute approximate surface area is 88.6 Å². The van der Waals surface area contributed by atoms with Gasteiger partial charge < -0.3 is 4.18 Å². The Kier molecular flexibility index (Phi) is 2.19. The van der Waals surface area contributed by atoms with Crippen LogP contribution in [-0.2, 0) is 19.1 Å². The van der Waals surface area contributed by atoms with Gasteiger partial charge in [0.1, 0.15) is 0 Å². The van der Waals surface area contributed by atoms with Gasteiger partial charge in [-0.3, -0.25) is 9.69 Å². The second-order valence-corrected chi connectivity index (χ2v) is 4.92. The molecular weight excluding hydrogens is 251 g/mol. The predicted molar refractivity (Wildman–Crippen MR) is 44.0 cm³/mol. The van der Waals surface area contributed by atoms with Gasteiger partial charge in [0.2, 0.25) is 11.8 Å². The standard InChI is InChI=1S/C7H6F3NO4S/c8-7(9,10)16(13,14)15-6-2-1-4-3-5(12)11(4)6/h2,4H,1,3H2/t4-/m1/s1. The Morgan fingerprint density at radius 3 is 2.56 bits per heavy atom. The second kappa shape index (κ2) is 3.12. The molecule has 0 radical (unpaired) electrons. The maximum atomic E-state index is 12.0. The van der Waals surface area contributed by atoms with Crippen molar-refractivity contribution in [2.75, 3.05) is 0 Å². The number of halogens is 3. The summed E-state index contributed by atoms with van der Waals surface area (Å²) >= 11 is 0. The maximum absolute atomic E-state index is 12.0. The normalized spacial score (nSPS) is 24.9. The van der Waals surface area contributed by atoms with Gasteiger partial charge in [-0.25, -0.2) is 0 Å². The van der Waals surface area contributed by atoms with E-state index in [0.29, 0.717) is 6.42 Å². The van der Waals surface area contributed by atoms with Crippen LogP contribution in [0.5, 0.6) is 0 Å². The van der Waals surface area contributed by atoms with Crippen molar-refractivity contribution in [3.63, 3.8) is 0 Å². The number of nitrogens with zero attached hydrogens (tertiary/aromatic N) is 1. The van der Waals surface area contributed by atoms with Crippen LogP contribution in [0.3, 0.4) is 0 Å². The van der Waals surface area contributed by atoms with Crippen LogP contribution in [0.25, 0.3) is 0 Å². The molecule has 0 unspecified atom stereocenters. The van der Waals surface area contributed by atoms with Gasteiger partial charge in [0.25, 0.3) is 0 Å². The van der Waals surface area contributed by atoms with Crippen molar-refractivity contribution < 1.29 is 30.6 Å². The lowest BCUT2D eigenvalue weighted by atomic mass is 10.0. The number of carbonyl (C=O) groups is 1. The number of β-lactam (4-membered cyclic amide) rings is 1. The van der Waals surface area contributed by atoms with Crippen molar-refractivity contribution in [1.29, 1.82) is 0 Å². The lowest BCUT2D eigenvalue weighted by Gasteiger charge is -2.35. The van der Waals surface area contributed by atoms with Gasteiger partial charge in [0, 0.05) is 6.42 Å². The first-order chi connectivity index (χ1) is 7.22. The van der Waals surface area contributed by atoms with Crippen molar-refractivity contribution in [1.82, 2.24) is 4.90 Å². The molecule has 0 aromatic heterocycles. The van der Waals surface area contributed by atoms with Gasteiger partial charge in [-0.1, -0.05) is 0 Å². The molecule has 5 nitrogen and oxygen atoms in total. The smallest absolute Gasteiger partial charge is 0.357 e. The van der Waals surface area contributed by atoms with E-state index in [1.165, 1.54) is 6.08 Å². The molecule has 0 aliphatic carbocycles. The summed E-state index contributed by atoms with van der Waals surface area (Å²) in [6.45, 7) is 0. The number of carbonyl (C=O) groups excluding carboxylic acids is 1. The highest BCUT2D eigenvalue weighted by Gasteiger charge is 2.52. The van der Waals surface area contributed by atoms with Gasteiger partial charge in [-0.05, 0) is 12.5 Å². The minimum atomic E-state index is -5.69. The summed E-state index contributed by atoms with van der Waals surface area (Å²) in [4.78, 5) is 11.9. The number of hydrogen-bond acceptors (Lipinski definition) is 4. The molecule has 1 amide bonds. The Hall–Kier alpha value is -1.25. The Morgan fingerprint density at radius 1 is 1.44 bits per heavy atom. The molecule has 1 saturated heterocycles. The summed E-state index contributed by atoms with van der Waals surface area (Å²) in [5.74, 6) is -0.982.